The molecule has 0 aliphatic heterocycles. The van der Waals surface area contributed by atoms with Crippen LogP contribution < -0.4 is 15.7 Å². The van der Waals surface area contributed by atoms with E-state index in [2.05, 4.69) is 15.5 Å². The van der Waals surface area contributed by atoms with Crippen molar-refractivity contribution in [2.24, 2.45) is 0 Å². The Morgan fingerprint density at radius 2 is 1.86 bits per heavy atom. The SMILES string of the molecule is Cc1ccc(-n2ncc3c(=O)n(NC(=O)COc4ccccc4C)cnc32)cc1. The van der Waals surface area contributed by atoms with Crippen molar-refractivity contribution in [3.63, 3.8) is 0 Å². The molecule has 0 fully saturated rings. The van der Waals surface area contributed by atoms with Gasteiger partial charge in [0.1, 0.15) is 17.5 Å². The highest BCUT2D eigenvalue weighted by Crippen LogP contribution is 2.16. The molecule has 2 aromatic carbocycles. The normalized spacial score (nSPS) is 10.8. The van der Waals surface area contributed by atoms with Gasteiger partial charge in [0, 0.05) is 0 Å². The standard InChI is InChI=1S/C21H19N5O3/c1-14-7-9-16(10-8-14)26-20-17(11-23-26)21(28)25(13-22-20)24-19(27)12-29-18-6-4-3-5-15(18)2/h3-11,13H,12H2,1-2H3,(H,24,27). The lowest BCUT2D eigenvalue weighted by atomic mass is 10.2. The van der Waals surface area contributed by atoms with Crippen LogP contribution in [-0.4, -0.2) is 32.0 Å². The van der Waals surface area contributed by atoms with E-state index in [-0.39, 0.29) is 6.61 Å². The first-order valence-electron chi connectivity index (χ1n) is 9.03. The summed E-state index contributed by atoms with van der Waals surface area (Å²) >= 11 is 0. The molecule has 8 heteroatoms. The summed E-state index contributed by atoms with van der Waals surface area (Å²) in [5, 5.41) is 4.56. The molecule has 4 aromatic rings. The number of nitrogens with one attached hydrogen (secondary N) is 1. The lowest BCUT2D eigenvalue weighted by Crippen LogP contribution is -2.35. The Bertz CT molecular complexity index is 1240. The van der Waals surface area contributed by atoms with Gasteiger partial charge in [-0.05, 0) is 37.6 Å². The highest BCUT2D eigenvalue weighted by molar-refractivity contribution is 5.85. The molecule has 0 aliphatic carbocycles. The third kappa shape index (κ3) is 3.73. The largest absolute Gasteiger partial charge is 0.483 e. The van der Waals surface area contributed by atoms with Gasteiger partial charge < -0.3 is 4.74 Å². The molecule has 1 amide bonds. The zero-order chi connectivity index (χ0) is 20.4. The molecular weight excluding hydrogens is 370 g/mol. The number of aryl methyl sites for hydroxylation is 2. The van der Waals surface area contributed by atoms with E-state index in [0.29, 0.717) is 16.8 Å². The second-order valence-electron chi connectivity index (χ2n) is 6.64. The second-order valence-corrected chi connectivity index (χ2v) is 6.64. The predicted octanol–water partition coefficient (Wildman–Crippen LogP) is 2.35. The molecule has 0 aliphatic rings. The van der Waals surface area contributed by atoms with E-state index in [1.807, 2.05) is 56.3 Å². The van der Waals surface area contributed by atoms with E-state index < -0.39 is 11.5 Å². The van der Waals surface area contributed by atoms with Gasteiger partial charge in [0.25, 0.3) is 11.5 Å². The number of hydrogen-bond acceptors (Lipinski definition) is 5. The molecule has 0 atom stereocenters. The van der Waals surface area contributed by atoms with Gasteiger partial charge in [0.15, 0.2) is 12.3 Å². The van der Waals surface area contributed by atoms with Gasteiger partial charge in [0.05, 0.1) is 11.9 Å². The lowest BCUT2D eigenvalue weighted by molar-refractivity contribution is -0.119. The van der Waals surface area contributed by atoms with E-state index >= 15 is 0 Å². The fraction of sp³-hybridized carbons (Fsp3) is 0.143. The lowest BCUT2D eigenvalue weighted by Gasteiger charge is -2.10. The number of carbonyl (C=O) groups excluding carboxylic acids is 1. The quantitative estimate of drug-likeness (QED) is 0.566. The fourth-order valence-corrected chi connectivity index (χ4v) is 2.89. The van der Waals surface area contributed by atoms with Crippen molar-refractivity contribution in [2.75, 3.05) is 12.0 Å². The van der Waals surface area contributed by atoms with Crippen molar-refractivity contribution < 1.29 is 9.53 Å². The number of fused-ring (bicyclic) bond motifs is 1. The highest BCUT2D eigenvalue weighted by atomic mass is 16.5. The van der Waals surface area contributed by atoms with Crippen molar-refractivity contribution >= 4 is 16.9 Å². The van der Waals surface area contributed by atoms with Crippen LogP contribution in [0.25, 0.3) is 16.7 Å². The summed E-state index contributed by atoms with van der Waals surface area (Å²) in [6, 6.07) is 15.1. The first-order chi connectivity index (χ1) is 14.0. The van der Waals surface area contributed by atoms with Crippen LogP contribution in [0.3, 0.4) is 0 Å². The minimum Gasteiger partial charge on any atom is -0.483 e. The zero-order valence-electron chi connectivity index (χ0n) is 16.0. The van der Waals surface area contributed by atoms with Crippen LogP contribution in [0.1, 0.15) is 11.1 Å². The number of amides is 1. The van der Waals surface area contributed by atoms with Crippen LogP contribution in [0, 0.1) is 13.8 Å². The van der Waals surface area contributed by atoms with Crippen molar-refractivity contribution in [1.82, 2.24) is 19.4 Å². The Labute approximate surface area is 166 Å². The van der Waals surface area contributed by atoms with E-state index in [1.54, 1.807) is 10.7 Å². The molecule has 8 nitrogen and oxygen atoms in total. The van der Waals surface area contributed by atoms with Crippen molar-refractivity contribution in [2.45, 2.75) is 13.8 Å². The Morgan fingerprint density at radius 1 is 1.10 bits per heavy atom. The van der Waals surface area contributed by atoms with Gasteiger partial charge in [-0.1, -0.05) is 35.9 Å². The maximum Gasteiger partial charge on any atom is 0.283 e. The third-order valence-corrected chi connectivity index (χ3v) is 4.46. The number of para-hydroxylation sites is 1. The smallest absolute Gasteiger partial charge is 0.283 e. The van der Waals surface area contributed by atoms with Crippen molar-refractivity contribution in [1.29, 1.82) is 0 Å². The molecule has 0 unspecified atom stereocenters. The van der Waals surface area contributed by atoms with Crippen LogP contribution in [0.4, 0.5) is 0 Å². The topological polar surface area (TPSA) is 91.0 Å². The predicted molar refractivity (Wildman–Crippen MR) is 109 cm³/mol. The average molecular weight is 389 g/mol. The number of nitrogens with zero attached hydrogens (tertiary/aromatic N) is 4. The molecule has 0 bridgehead atoms. The van der Waals surface area contributed by atoms with E-state index in [4.69, 9.17) is 4.74 Å². The Hall–Kier alpha value is -3.94. The molecule has 2 aromatic heterocycles. The van der Waals surface area contributed by atoms with Gasteiger partial charge in [-0.3, -0.25) is 15.0 Å². The third-order valence-electron chi connectivity index (χ3n) is 4.46. The van der Waals surface area contributed by atoms with E-state index in [0.717, 1.165) is 21.5 Å². The highest BCUT2D eigenvalue weighted by Gasteiger charge is 2.13. The van der Waals surface area contributed by atoms with Crippen LogP contribution in [-0.2, 0) is 4.79 Å². The average Bonchev–Trinajstić information content (AvgIpc) is 3.15. The van der Waals surface area contributed by atoms with E-state index in [1.165, 1.54) is 12.5 Å². The minimum absolute atomic E-state index is 0.224. The second kappa shape index (κ2) is 7.59. The maximum atomic E-state index is 12.7. The van der Waals surface area contributed by atoms with Gasteiger partial charge >= 0.3 is 0 Å². The monoisotopic (exact) mass is 389 g/mol. The van der Waals surface area contributed by atoms with Crippen LogP contribution in [0.15, 0.2) is 65.8 Å². The molecule has 0 saturated heterocycles. The summed E-state index contributed by atoms with van der Waals surface area (Å²) in [6.07, 6.45) is 2.71. The first-order valence-corrected chi connectivity index (χ1v) is 9.03. The number of ether oxygens (including phenoxy) is 1. The Morgan fingerprint density at radius 3 is 2.62 bits per heavy atom. The molecule has 1 N–H and O–H groups in total. The molecule has 0 saturated carbocycles. The van der Waals surface area contributed by atoms with Crippen LogP contribution in [0.5, 0.6) is 5.75 Å². The van der Waals surface area contributed by atoms with Crippen LogP contribution >= 0.6 is 0 Å². The van der Waals surface area contributed by atoms with Gasteiger partial charge in [-0.2, -0.15) is 5.10 Å². The number of benzene rings is 2. The number of aromatic nitrogens is 4. The first kappa shape index (κ1) is 18.4. The number of hydrogen-bond donors (Lipinski definition) is 1. The molecular formula is C21H19N5O3. The molecule has 146 valence electrons. The summed E-state index contributed by atoms with van der Waals surface area (Å²) in [7, 11) is 0. The zero-order valence-corrected chi connectivity index (χ0v) is 16.0. The molecule has 29 heavy (non-hydrogen) atoms. The van der Waals surface area contributed by atoms with Crippen molar-refractivity contribution in [3.8, 4) is 11.4 Å². The maximum absolute atomic E-state index is 12.7. The summed E-state index contributed by atoms with van der Waals surface area (Å²) in [6.45, 7) is 3.66. The molecule has 4 rings (SSSR count). The number of carbonyl (C=O) groups is 1. The summed E-state index contributed by atoms with van der Waals surface area (Å²) < 4.78 is 8.13. The van der Waals surface area contributed by atoms with Crippen LogP contribution in [0.2, 0.25) is 0 Å². The number of rotatable bonds is 5. The molecule has 0 spiro atoms. The van der Waals surface area contributed by atoms with Crippen molar-refractivity contribution in [3.05, 3.63) is 82.5 Å². The van der Waals surface area contributed by atoms with Gasteiger partial charge in [-0.25, -0.2) is 14.3 Å². The minimum atomic E-state index is -0.470. The Kier molecular flexibility index (Phi) is 4.82. The van der Waals surface area contributed by atoms with E-state index in [9.17, 15) is 9.59 Å². The fourth-order valence-electron chi connectivity index (χ4n) is 2.89. The summed E-state index contributed by atoms with van der Waals surface area (Å²) in [5.41, 5.74) is 5.33. The van der Waals surface area contributed by atoms with Gasteiger partial charge in [0.2, 0.25) is 0 Å². The van der Waals surface area contributed by atoms with Gasteiger partial charge in [-0.15, -0.1) is 0 Å². The summed E-state index contributed by atoms with van der Waals surface area (Å²) in [4.78, 5) is 29.2. The Balaban J connectivity index is 1.53. The molecule has 0 radical (unpaired) electrons. The molecule has 2 heterocycles. The summed E-state index contributed by atoms with van der Waals surface area (Å²) in [5.74, 6) is 0.144.